The molecule has 1 aliphatic rings. The second-order valence-corrected chi connectivity index (χ2v) is 7.44. The van der Waals surface area contributed by atoms with E-state index in [9.17, 15) is 9.18 Å². The minimum absolute atomic E-state index is 0.210. The second kappa shape index (κ2) is 7.28. The van der Waals surface area contributed by atoms with Gasteiger partial charge in [0.05, 0.1) is 0 Å². The zero-order valence-corrected chi connectivity index (χ0v) is 16.4. The van der Waals surface area contributed by atoms with Gasteiger partial charge in [-0.3, -0.25) is 4.79 Å². The van der Waals surface area contributed by atoms with E-state index in [1.54, 1.807) is 13.0 Å². The first kappa shape index (κ1) is 18.5. The number of piperazine rings is 1. The van der Waals surface area contributed by atoms with Crippen LogP contribution in [0.15, 0.2) is 40.8 Å². The molecule has 0 atom stereocenters. The SMILES string of the molecule is Cc1cc(NC(=O)c2oc3ccc(F)cc3c2C)ccc1N1CCN(C)CC1. The molecule has 1 fully saturated rings. The van der Waals surface area contributed by atoms with Crippen molar-refractivity contribution in [2.45, 2.75) is 13.8 Å². The van der Waals surface area contributed by atoms with E-state index in [-0.39, 0.29) is 17.5 Å². The number of fused-ring (bicyclic) bond motifs is 1. The van der Waals surface area contributed by atoms with Gasteiger partial charge < -0.3 is 19.5 Å². The van der Waals surface area contributed by atoms with Crippen molar-refractivity contribution in [2.75, 3.05) is 43.4 Å². The van der Waals surface area contributed by atoms with Crippen LogP contribution in [0.5, 0.6) is 0 Å². The van der Waals surface area contributed by atoms with E-state index in [4.69, 9.17) is 4.42 Å². The fraction of sp³-hybridized carbons (Fsp3) is 0.318. The first-order valence-corrected chi connectivity index (χ1v) is 9.46. The molecular formula is C22H24FN3O2. The van der Waals surface area contributed by atoms with Crippen molar-refractivity contribution in [1.82, 2.24) is 4.90 Å². The first-order chi connectivity index (χ1) is 13.4. The molecule has 3 aromatic rings. The Morgan fingerprint density at radius 3 is 2.54 bits per heavy atom. The predicted molar refractivity (Wildman–Crippen MR) is 110 cm³/mol. The van der Waals surface area contributed by atoms with Gasteiger partial charge >= 0.3 is 0 Å². The topological polar surface area (TPSA) is 48.7 Å². The molecule has 6 heteroatoms. The summed E-state index contributed by atoms with van der Waals surface area (Å²) in [6.07, 6.45) is 0. The summed E-state index contributed by atoms with van der Waals surface area (Å²) in [5.41, 5.74) is 4.17. The maximum atomic E-state index is 13.5. The maximum Gasteiger partial charge on any atom is 0.291 e. The van der Waals surface area contributed by atoms with Crippen LogP contribution in [0.25, 0.3) is 11.0 Å². The van der Waals surface area contributed by atoms with Gasteiger partial charge in [-0.25, -0.2) is 4.39 Å². The van der Waals surface area contributed by atoms with Crippen molar-refractivity contribution in [1.29, 1.82) is 0 Å². The third-order valence-electron chi connectivity index (χ3n) is 5.40. The molecule has 1 aromatic heterocycles. The highest BCUT2D eigenvalue weighted by Gasteiger charge is 2.19. The fourth-order valence-corrected chi connectivity index (χ4v) is 3.73. The first-order valence-electron chi connectivity index (χ1n) is 9.46. The average molecular weight is 381 g/mol. The Hall–Kier alpha value is -2.86. The molecule has 0 aliphatic carbocycles. The number of anilines is 2. The normalized spacial score (nSPS) is 15.2. The summed E-state index contributed by atoms with van der Waals surface area (Å²) in [5.74, 6) is -0.472. The molecule has 0 spiro atoms. The Labute approximate surface area is 163 Å². The number of halogens is 1. The summed E-state index contributed by atoms with van der Waals surface area (Å²) in [5, 5.41) is 3.52. The molecule has 2 aromatic carbocycles. The zero-order chi connectivity index (χ0) is 19.8. The number of carbonyl (C=O) groups excluding carboxylic acids is 1. The van der Waals surface area contributed by atoms with Gasteiger partial charge in [0, 0.05) is 48.5 Å². The van der Waals surface area contributed by atoms with E-state index in [0.29, 0.717) is 22.2 Å². The number of rotatable bonds is 3. The number of hydrogen-bond acceptors (Lipinski definition) is 4. The molecule has 28 heavy (non-hydrogen) atoms. The molecule has 4 rings (SSSR count). The van der Waals surface area contributed by atoms with Crippen LogP contribution >= 0.6 is 0 Å². The van der Waals surface area contributed by atoms with Crippen LogP contribution < -0.4 is 10.2 Å². The van der Waals surface area contributed by atoms with Crippen molar-refractivity contribution >= 4 is 28.3 Å². The van der Waals surface area contributed by atoms with Crippen LogP contribution in [-0.2, 0) is 0 Å². The molecule has 0 bridgehead atoms. The van der Waals surface area contributed by atoms with Crippen LogP contribution in [0.4, 0.5) is 15.8 Å². The summed E-state index contributed by atoms with van der Waals surface area (Å²) in [7, 11) is 2.14. The largest absolute Gasteiger partial charge is 0.451 e. The monoisotopic (exact) mass is 381 g/mol. The molecule has 146 valence electrons. The third kappa shape index (κ3) is 3.47. The van der Waals surface area contributed by atoms with E-state index in [1.165, 1.54) is 17.8 Å². The Morgan fingerprint density at radius 2 is 1.82 bits per heavy atom. The van der Waals surface area contributed by atoms with Gasteiger partial charge in [-0.2, -0.15) is 0 Å². The van der Waals surface area contributed by atoms with Gasteiger partial charge in [-0.1, -0.05) is 0 Å². The van der Waals surface area contributed by atoms with Gasteiger partial charge in [0.15, 0.2) is 5.76 Å². The van der Waals surface area contributed by atoms with Crippen molar-refractivity contribution in [3.8, 4) is 0 Å². The molecule has 2 heterocycles. The Kier molecular flexibility index (Phi) is 4.81. The van der Waals surface area contributed by atoms with E-state index >= 15 is 0 Å². The number of amides is 1. The minimum atomic E-state index is -0.349. The van der Waals surface area contributed by atoms with Crippen LogP contribution in [0.3, 0.4) is 0 Å². The zero-order valence-electron chi connectivity index (χ0n) is 16.4. The molecule has 0 saturated carbocycles. The van der Waals surface area contributed by atoms with Gasteiger partial charge in [-0.15, -0.1) is 0 Å². The lowest BCUT2D eigenvalue weighted by Gasteiger charge is -2.35. The van der Waals surface area contributed by atoms with Crippen molar-refractivity contribution in [3.63, 3.8) is 0 Å². The number of hydrogen-bond donors (Lipinski definition) is 1. The molecular weight excluding hydrogens is 357 g/mol. The summed E-state index contributed by atoms with van der Waals surface area (Å²) in [6.45, 7) is 7.91. The lowest BCUT2D eigenvalue weighted by molar-refractivity contribution is 0.0998. The number of nitrogens with zero attached hydrogens (tertiary/aromatic N) is 2. The van der Waals surface area contributed by atoms with Gasteiger partial charge in [0.2, 0.25) is 0 Å². The van der Waals surface area contributed by atoms with E-state index in [1.807, 2.05) is 12.1 Å². The van der Waals surface area contributed by atoms with Gasteiger partial charge in [0.1, 0.15) is 11.4 Å². The Morgan fingerprint density at radius 1 is 1.07 bits per heavy atom. The lowest BCUT2D eigenvalue weighted by Crippen LogP contribution is -2.44. The smallest absolute Gasteiger partial charge is 0.291 e. The third-order valence-corrected chi connectivity index (χ3v) is 5.40. The number of benzene rings is 2. The summed E-state index contributed by atoms with van der Waals surface area (Å²) in [4.78, 5) is 17.4. The van der Waals surface area contributed by atoms with Crippen LogP contribution in [0.1, 0.15) is 21.7 Å². The Balaban J connectivity index is 1.53. The summed E-state index contributed by atoms with van der Waals surface area (Å²) in [6, 6.07) is 10.2. The van der Waals surface area contributed by atoms with E-state index in [2.05, 4.69) is 35.2 Å². The maximum absolute atomic E-state index is 13.5. The van der Waals surface area contributed by atoms with Crippen molar-refractivity contribution in [2.24, 2.45) is 0 Å². The Bertz CT molecular complexity index is 1040. The van der Waals surface area contributed by atoms with E-state index < -0.39 is 0 Å². The number of likely N-dealkylation sites (N-methyl/N-ethyl adjacent to an activating group) is 1. The summed E-state index contributed by atoms with van der Waals surface area (Å²) < 4.78 is 19.1. The molecule has 0 unspecified atom stereocenters. The molecule has 1 saturated heterocycles. The minimum Gasteiger partial charge on any atom is -0.451 e. The molecule has 5 nitrogen and oxygen atoms in total. The average Bonchev–Trinajstić information content (AvgIpc) is 2.99. The standard InChI is InChI=1S/C22H24FN3O2/c1-14-12-17(5-6-19(14)26-10-8-25(3)9-11-26)24-22(27)21-15(2)18-13-16(23)4-7-20(18)28-21/h4-7,12-13H,8-11H2,1-3H3,(H,24,27). The van der Waals surface area contributed by atoms with Gasteiger partial charge in [-0.05, 0) is 62.9 Å². The highest BCUT2D eigenvalue weighted by Crippen LogP contribution is 2.28. The quantitative estimate of drug-likeness (QED) is 0.739. The van der Waals surface area contributed by atoms with Gasteiger partial charge in [0.25, 0.3) is 5.91 Å². The van der Waals surface area contributed by atoms with E-state index in [0.717, 1.165) is 31.7 Å². The lowest BCUT2D eigenvalue weighted by atomic mass is 10.1. The van der Waals surface area contributed by atoms with Crippen molar-refractivity contribution in [3.05, 3.63) is 59.1 Å². The number of furan rings is 1. The van der Waals surface area contributed by atoms with Crippen LogP contribution in [0.2, 0.25) is 0 Å². The fourth-order valence-electron chi connectivity index (χ4n) is 3.73. The molecule has 1 amide bonds. The number of nitrogens with one attached hydrogen (secondary N) is 1. The van der Waals surface area contributed by atoms with Crippen LogP contribution in [0, 0.1) is 19.7 Å². The van der Waals surface area contributed by atoms with Crippen molar-refractivity contribution < 1.29 is 13.6 Å². The summed E-state index contributed by atoms with van der Waals surface area (Å²) >= 11 is 0. The molecule has 1 aliphatic heterocycles. The molecule has 1 N–H and O–H groups in total. The predicted octanol–water partition coefficient (Wildman–Crippen LogP) is 4.19. The number of carbonyl (C=O) groups is 1. The molecule has 0 radical (unpaired) electrons. The second-order valence-electron chi connectivity index (χ2n) is 7.44. The number of aryl methyl sites for hydroxylation is 2. The highest BCUT2D eigenvalue weighted by atomic mass is 19.1. The van der Waals surface area contributed by atoms with Crippen LogP contribution in [-0.4, -0.2) is 44.0 Å². The highest BCUT2D eigenvalue weighted by molar-refractivity contribution is 6.06.